The second kappa shape index (κ2) is 8.99. The number of H-pyrrole nitrogens is 1. The molecule has 3 aromatic rings. The molecule has 29 heavy (non-hydrogen) atoms. The van der Waals surface area contributed by atoms with Crippen LogP contribution in [0.2, 0.25) is 0 Å². The second-order valence-corrected chi connectivity index (χ2v) is 7.85. The largest absolute Gasteiger partial charge is 0.497 e. The van der Waals surface area contributed by atoms with Crippen molar-refractivity contribution in [2.24, 2.45) is 5.92 Å². The smallest absolute Gasteiger partial charge is 0.253 e. The minimum absolute atomic E-state index is 0.0118. The summed E-state index contributed by atoms with van der Waals surface area (Å²) in [4.78, 5) is 15.9. The Morgan fingerprint density at radius 3 is 2.41 bits per heavy atom. The Labute approximate surface area is 172 Å². The number of carbonyl (C=O) groups is 1. The number of aromatic amines is 1. The quantitative estimate of drug-likeness (QED) is 0.594. The van der Waals surface area contributed by atoms with E-state index in [1.165, 1.54) is 18.4 Å². The Balaban J connectivity index is 1.32. The summed E-state index contributed by atoms with van der Waals surface area (Å²) < 4.78 is 5.22. The molecule has 1 aromatic heterocycles. The van der Waals surface area contributed by atoms with Gasteiger partial charge in [-0.2, -0.15) is 0 Å². The van der Waals surface area contributed by atoms with Crippen molar-refractivity contribution in [2.75, 3.05) is 13.7 Å². The Kier molecular flexibility index (Phi) is 5.99. The fourth-order valence-corrected chi connectivity index (χ4v) is 4.32. The minimum atomic E-state index is -0.0118. The van der Waals surface area contributed by atoms with Gasteiger partial charge in [-0.25, -0.2) is 0 Å². The average Bonchev–Trinajstić information content (AvgIpc) is 3.28. The molecule has 1 fully saturated rings. The Morgan fingerprint density at radius 1 is 1.00 bits per heavy atom. The molecule has 0 aliphatic heterocycles. The molecular formula is C25H28N2O2. The topological polar surface area (TPSA) is 54.1 Å². The summed E-state index contributed by atoms with van der Waals surface area (Å²) in [5.74, 6) is 2.01. The van der Waals surface area contributed by atoms with E-state index < -0.39 is 0 Å². The highest BCUT2D eigenvalue weighted by molar-refractivity contribution is 6.00. The summed E-state index contributed by atoms with van der Waals surface area (Å²) in [6, 6.07) is 18.6. The van der Waals surface area contributed by atoms with Gasteiger partial charge in [0.2, 0.25) is 0 Å². The summed E-state index contributed by atoms with van der Waals surface area (Å²) in [5, 5.41) is 3.16. The van der Waals surface area contributed by atoms with E-state index in [2.05, 4.69) is 40.6 Å². The molecule has 1 aliphatic rings. The van der Waals surface area contributed by atoms with Crippen molar-refractivity contribution in [3.63, 3.8) is 0 Å². The van der Waals surface area contributed by atoms with Gasteiger partial charge in [0.15, 0.2) is 0 Å². The van der Waals surface area contributed by atoms with E-state index in [1.807, 2.05) is 30.5 Å². The van der Waals surface area contributed by atoms with Crippen molar-refractivity contribution in [1.82, 2.24) is 10.3 Å². The lowest BCUT2D eigenvalue weighted by Gasteiger charge is -2.29. The lowest BCUT2D eigenvalue weighted by atomic mass is 9.78. The first-order valence-corrected chi connectivity index (χ1v) is 10.4. The van der Waals surface area contributed by atoms with Gasteiger partial charge in [-0.3, -0.25) is 4.79 Å². The van der Waals surface area contributed by atoms with Crippen LogP contribution >= 0.6 is 0 Å². The zero-order chi connectivity index (χ0) is 20.1. The van der Waals surface area contributed by atoms with Gasteiger partial charge < -0.3 is 15.0 Å². The molecule has 0 bridgehead atoms. The van der Waals surface area contributed by atoms with Crippen molar-refractivity contribution in [1.29, 1.82) is 0 Å². The molecule has 4 heteroatoms. The Morgan fingerprint density at radius 2 is 1.72 bits per heavy atom. The number of hydrogen-bond donors (Lipinski definition) is 2. The molecule has 0 unspecified atom stereocenters. The van der Waals surface area contributed by atoms with Crippen LogP contribution in [0.5, 0.6) is 5.75 Å². The van der Waals surface area contributed by atoms with Gasteiger partial charge in [-0.15, -0.1) is 0 Å². The SMILES string of the molecule is COc1ccc(-c2c[nH]cc2C(=O)NCC2CCC(c3ccccc3)CC2)cc1. The average molecular weight is 389 g/mol. The lowest BCUT2D eigenvalue weighted by Crippen LogP contribution is -2.31. The molecule has 1 amide bonds. The van der Waals surface area contributed by atoms with E-state index in [0.29, 0.717) is 17.4 Å². The molecule has 2 aromatic carbocycles. The first-order valence-electron chi connectivity index (χ1n) is 10.4. The van der Waals surface area contributed by atoms with Gasteiger partial charge in [0, 0.05) is 24.5 Å². The number of nitrogens with one attached hydrogen (secondary N) is 2. The van der Waals surface area contributed by atoms with Crippen LogP contribution in [0, 0.1) is 5.92 Å². The van der Waals surface area contributed by atoms with E-state index in [9.17, 15) is 4.79 Å². The molecule has 2 N–H and O–H groups in total. The number of rotatable bonds is 6. The van der Waals surface area contributed by atoms with Gasteiger partial charge in [0.25, 0.3) is 5.91 Å². The van der Waals surface area contributed by atoms with E-state index in [-0.39, 0.29) is 5.91 Å². The number of hydrogen-bond acceptors (Lipinski definition) is 2. The van der Waals surface area contributed by atoms with Gasteiger partial charge >= 0.3 is 0 Å². The van der Waals surface area contributed by atoms with Crippen LogP contribution in [-0.4, -0.2) is 24.5 Å². The third-order valence-corrected chi connectivity index (χ3v) is 6.06. The maximum absolute atomic E-state index is 12.8. The van der Waals surface area contributed by atoms with Crippen LogP contribution in [0.1, 0.15) is 47.5 Å². The van der Waals surface area contributed by atoms with Gasteiger partial charge in [-0.05, 0) is 60.8 Å². The molecule has 0 spiro atoms. The van der Waals surface area contributed by atoms with E-state index in [0.717, 1.165) is 36.3 Å². The number of amides is 1. The summed E-state index contributed by atoms with van der Waals surface area (Å²) in [6.45, 7) is 0.744. The van der Waals surface area contributed by atoms with E-state index >= 15 is 0 Å². The predicted molar refractivity (Wildman–Crippen MR) is 116 cm³/mol. The minimum Gasteiger partial charge on any atom is -0.497 e. The third-order valence-electron chi connectivity index (χ3n) is 6.06. The monoisotopic (exact) mass is 388 g/mol. The molecule has 150 valence electrons. The highest BCUT2D eigenvalue weighted by atomic mass is 16.5. The first kappa shape index (κ1) is 19.3. The van der Waals surface area contributed by atoms with Crippen LogP contribution < -0.4 is 10.1 Å². The second-order valence-electron chi connectivity index (χ2n) is 7.85. The van der Waals surface area contributed by atoms with E-state index in [1.54, 1.807) is 13.3 Å². The maximum Gasteiger partial charge on any atom is 0.253 e. The molecule has 4 nitrogen and oxygen atoms in total. The zero-order valence-electron chi connectivity index (χ0n) is 16.9. The molecule has 0 atom stereocenters. The van der Waals surface area contributed by atoms with Crippen molar-refractivity contribution in [3.05, 3.63) is 78.1 Å². The van der Waals surface area contributed by atoms with Crippen molar-refractivity contribution >= 4 is 5.91 Å². The van der Waals surface area contributed by atoms with E-state index in [4.69, 9.17) is 4.74 Å². The third kappa shape index (κ3) is 4.53. The molecule has 0 radical (unpaired) electrons. The van der Waals surface area contributed by atoms with Crippen LogP contribution in [-0.2, 0) is 0 Å². The van der Waals surface area contributed by atoms with Gasteiger partial charge in [0.1, 0.15) is 5.75 Å². The molecule has 1 aliphatic carbocycles. The first-order chi connectivity index (χ1) is 14.2. The number of ether oxygens (including phenoxy) is 1. The van der Waals surface area contributed by atoms with Crippen LogP contribution in [0.25, 0.3) is 11.1 Å². The molecule has 0 saturated heterocycles. The number of carbonyl (C=O) groups excluding carboxylic acids is 1. The number of methoxy groups -OCH3 is 1. The highest BCUT2D eigenvalue weighted by Gasteiger charge is 2.23. The van der Waals surface area contributed by atoms with Crippen molar-refractivity contribution in [2.45, 2.75) is 31.6 Å². The summed E-state index contributed by atoms with van der Waals surface area (Å²) in [5.41, 5.74) is 4.05. The summed E-state index contributed by atoms with van der Waals surface area (Å²) >= 11 is 0. The highest BCUT2D eigenvalue weighted by Crippen LogP contribution is 2.35. The number of benzene rings is 2. The predicted octanol–water partition coefficient (Wildman–Crippen LogP) is 5.39. The maximum atomic E-state index is 12.8. The molecule has 1 heterocycles. The fraction of sp³-hybridized carbons (Fsp3) is 0.320. The molecule has 1 saturated carbocycles. The van der Waals surface area contributed by atoms with Crippen LogP contribution in [0.4, 0.5) is 0 Å². The van der Waals surface area contributed by atoms with Gasteiger partial charge in [-0.1, -0.05) is 42.5 Å². The van der Waals surface area contributed by atoms with Crippen LogP contribution in [0.3, 0.4) is 0 Å². The zero-order valence-corrected chi connectivity index (χ0v) is 16.9. The molecule has 4 rings (SSSR count). The lowest BCUT2D eigenvalue weighted by molar-refractivity contribution is 0.0943. The summed E-state index contributed by atoms with van der Waals surface area (Å²) in [6.07, 6.45) is 8.39. The number of aromatic nitrogens is 1. The Hall–Kier alpha value is -3.01. The van der Waals surface area contributed by atoms with Crippen molar-refractivity contribution in [3.8, 4) is 16.9 Å². The Bertz CT molecular complexity index is 923. The van der Waals surface area contributed by atoms with Crippen molar-refractivity contribution < 1.29 is 9.53 Å². The summed E-state index contributed by atoms with van der Waals surface area (Å²) in [7, 11) is 1.65. The standard InChI is InChI=1S/C25H28N2O2/c1-29-22-13-11-21(12-14-22)23-16-26-17-24(23)25(28)27-15-18-7-9-20(10-8-18)19-5-3-2-4-6-19/h2-6,11-14,16-18,20,26H,7-10,15H2,1H3,(H,27,28). The molecular weight excluding hydrogens is 360 g/mol. The van der Waals surface area contributed by atoms with Crippen LogP contribution in [0.15, 0.2) is 67.0 Å². The van der Waals surface area contributed by atoms with Gasteiger partial charge in [0.05, 0.1) is 12.7 Å². The normalized spacial score (nSPS) is 18.9. The fourth-order valence-electron chi connectivity index (χ4n) is 4.32.